The van der Waals surface area contributed by atoms with Crippen molar-refractivity contribution < 1.29 is 4.79 Å². The molecular formula is C15H17BrN2O. The number of carbonyl (C=O) groups is 1. The highest BCUT2D eigenvalue weighted by molar-refractivity contribution is 9.09. The quantitative estimate of drug-likeness (QED) is 0.809. The average molecular weight is 321 g/mol. The first-order chi connectivity index (χ1) is 9.13. The first kappa shape index (κ1) is 14.0. The molecule has 3 nitrogen and oxygen atoms in total. The number of amides is 1. The number of benzene rings is 1. The normalized spacial score (nSPS) is 10.7. The van der Waals surface area contributed by atoms with Gasteiger partial charge in [-0.15, -0.1) is 0 Å². The summed E-state index contributed by atoms with van der Waals surface area (Å²) in [5, 5.41) is 1.82. The predicted octanol–water partition coefficient (Wildman–Crippen LogP) is 3.40. The van der Waals surface area contributed by atoms with Crippen LogP contribution in [0, 0.1) is 6.92 Å². The Balaban J connectivity index is 2.41. The lowest BCUT2D eigenvalue weighted by Gasteiger charge is -2.18. The number of carbonyl (C=O) groups excluding carboxylic acids is 1. The number of hydrogen-bond donors (Lipinski definition) is 0. The van der Waals surface area contributed by atoms with Crippen molar-refractivity contribution in [3.8, 4) is 0 Å². The third-order valence-corrected chi connectivity index (χ3v) is 3.61. The molecule has 19 heavy (non-hydrogen) atoms. The third kappa shape index (κ3) is 3.13. The zero-order valence-corrected chi connectivity index (χ0v) is 12.8. The molecule has 0 aliphatic carbocycles. The number of hydrogen-bond acceptors (Lipinski definition) is 2. The Morgan fingerprint density at radius 3 is 2.84 bits per heavy atom. The number of halogens is 1. The molecule has 1 aromatic heterocycles. The molecule has 1 amide bonds. The fourth-order valence-electron chi connectivity index (χ4n) is 2.09. The Morgan fingerprint density at radius 2 is 2.11 bits per heavy atom. The Kier molecular flexibility index (Phi) is 4.53. The zero-order chi connectivity index (χ0) is 13.8. The van der Waals surface area contributed by atoms with E-state index >= 15 is 0 Å². The van der Waals surface area contributed by atoms with Crippen LogP contribution in [0.15, 0.2) is 30.3 Å². The van der Waals surface area contributed by atoms with Crippen LogP contribution in [0.25, 0.3) is 10.9 Å². The molecule has 0 unspecified atom stereocenters. The molecule has 4 heteroatoms. The standard InChI is InChI=1S/C15H17BrN2O/c1-11-10-13(15(19)18(2)9-5-8-16)12-6-3-4-7-14(12)17-11/h3-4,6-7,10H,5,8-9H2,1-2H3. The minimum atomic E-state index is 0.0580. The van der Waals surface area contributed by atoms with Crippen LogP contribution in [0.2, 0.25) is 0 Å². The van der Waals surface area contributed by atoms with E-state index in [1.54, 1.807) is 4.90 Å². The second kappa shape index (κ2) is 6.15. The molecule has 1 aromatic carbocycles. The van der Waals surface area contributed by atoms with E-state index in [-0.39, 0.29) is 5.91 Å². The van der Waals surface area contributed by atoms with Crippen LogP contribution in [-0.4, -0.2) is 34.7 Å². The Morgan fingerprint density at radius 1 is 1.37 bits per heavy atom. The zero-order valence-electron chi connectivity index (χ0n) is 11.2. The minimum Gasteiger partial charge on any atom is -0.342 e. The lowest BCUT2D eigenvalue weighted by molar-refractivity contribution is 0.0797. The van der Waals surface area contributed by atoms with Gasteiger partial charge in [-0.25, -0.2) is 0 Å². The summed E-state index contributed by atoms with van der Waals surface area (Å²) in [5.74, 6) is 0.0580. The number of nitrogens with zero attached hydrogens (tertiary/aromatic N) is 2. The second-order valence-electron chi connectivity index (χ2n) is 4.60. The summed E-state index contributed by atoms with van der Waals surface area (Å²) in [4.78, 5) is 18.7. The maximum absolute atomic E-state index is 12.5. The number of para-hydroxylation sites is 1. The molecule has 0 fully saturated rings. The second-order valence-corrected chi connectivity index (χ2v) is 5.39. The molecule has 0 saturated carbocycles. The summed E-state index contributed by atoms with van der Waals surface area (Å²) < 4.78 is 0. The summed E-state index contributed by atoms with van der Waals surface area (Å²) in [6.07, 6.45) is 0.949. The van der Waals surface area contributed by atoms with Gasteiger partial charge in [0, 0.05) is 30.0 Å². The van der Waals surface area contributed by atoms with Crippen molar-refractivity contribution in [3.63, 3.8) is 0 Å². The topological polar surface area (TPSA) is 33.2 Å². The molecule has 0 saturated heterocycles. The van der Waals surface area contributed by atoms with Crippen molar-refractivity contribution in [1.29, 1.82) is 0 Å². The summed E-state index contributed by atoms with van der Waals surface area (Å²) >= 11 is 3.39. The van der Waals surface area contributed by atoms with Crippen molar-refractivity contribution >= 4 is 32.7 Å². The van der Waals surface area contributed by atoms with Gasteiger partial charge < -0.3 is 4.90 Å². The van der Waals surface area contributed by atoms with Gasteiger partial charge in [-0.3, -0.25) is 9.78 Å². The number of fused-ring (bicyclic) bond motifs is 1. The van der Waals surface area contributed by atoms with E-state index in [0.29, 0.717) is 0 Å². The van der Waals surface area contributed by atoms with Crippen molar-refractivity contribution in [2.45, 2.75) is 13.3 Å². The Bertz CT molecular complexity index is 598. The third-order valence-electron chi connectivity index (χ3n) is 3.05. The molecule has 0 atom stereocenters. The SMILES string of the molecule is Cc1cc(C(=O)N(C)CCCBr)c2ccccc2n1. The Hall–Kier alpha value is -1.42. The number of alkyl halides is 1. The van der Waals surface area contributed by atoms with Crippen molar-refractivity contribution in [2.24, 2.45) is 0 Å². The highest BCUT2D eigenvalue weighted by Gasteiger charge is 2.15. The molecule has 2 aromatic rings. The van der Waals surface area contributed by atoms with Gasteiger partial charge in [0.2, 0.25) is 0 Å². The van der Waals surface area contributed by atoms with E-state index in [0.717, 1.165) is 40.5 Å². The van der Waals surface area contributed by atoms with Crippen molar-refractivity contribution in [2.75, 3.05) is 18.9 Å². The van der Waals surface area contributed by atoms with Gasteiger partial charge in [0.25, 0.3) is 5.91 Å². The van der Waals surface area contributed by atoms with Gasteiger partial charge in [-0.1, -0.05) is 34.1 Å². The molecule has 0 aliphatic heterocycles. The summed E-state index contributed by atoms with van der Waals surface area (Å²) in [7, 11) is 1.84. The van der Waals surface area contributed by atoms with Crippen molar-refractivity contribution in [3.05, 3.63) is 41.6 Å². The van der Waals surface area contributed by atoms with Gasteiger partial charge in [0.1, 0.15) is 0 Å². The van der Waals surface area contributed by atoms with Crippen LogP contribution < -0.4 is 0 Å². The molecule has 0 spiro atoms. The number of rotatable bonds is 4. The summed E-state index contributed by atoms with van der Waals surface area (Å²) in [5.41, 5.74) is 2.48. The van der Waals surface area contributed by atoms with E-state index in [9.17, 15) is 4.79 Å². The van der Waals surface area contributed by atoms with Crippen LogP contribution in [0.4, 0.5) is 0 Å². The minimum absolute atomic E-state index is 0.0580. The molecular weight excluding hydrogens is 304 g/mol. The van der Waals surface area contributed by atoms with Gasteiger partial charge in [0.15, 0.2) is 0 Å². The predicted molar refractivity (Wildman–Crippen MR) is 81.9 cm³/mol. The number of pyridine rings is 1. The monoisotopic (exact) mass is 320 g/mol. The van der Waals surface area contributed by atoms with Crippen LogP contribution in [0.5, 0.6) is 0 Å². The molecule has 0 radical (unpaired) electrons. The molecule has 0 N–H and O–H groups in total. The van der Waals surface area contributed by atoms with Crippen LogP contribution >= 0.6 is 15.9 Å². The van der Waals surface area contributed by atoms with Crippen LogP contribution in [0.3, 0.4) is 0 Å². The first-order valence-corrected chi connectivity index (χ1v) is 7.43. The molecule has 0 bridgehead atoms. The van der Waals surface area contributed by atoms with Crippen LogP contribution in [0.1, 0.15) is 22.5 Å². The lowest BCUT2D eigenvalue weighted by atomic mass is 10.1. The van der Waals surface area contributed by atoms with Gasteiger partial charge in [-0.2, -0.15) is 0 Å². The van der Waals surface area contributed by atoms with E-state index in [2.05, 4.69) is 20.9 Å². The van der Waals surface area contributed by atoms with E-state index in [1.807, 2.05) is 44.3 Å². The average Bonchev–Trinajstić information content (AvgIpc) is 2.42. The van der Waals surface area contributed by atoms with Crippen molar-refractivity contribution in [1.82, 2.24) is 9.88 Å². The van der Waals surface area contributed by atoms with E-state index in [4.69, 9.17) is 0 Å². The van der Waals surface area contributed by atoms with Gasteiger partial charge in [-0.05, 0) is 25.5 Å². The fraction of sp³-hybridized carbons (Fsp3) is 0.333. The summed E-state index contributed by atoms with van der Waals surface area (Å²) in [6, 6.07) is 9.65. The largest absolute Gasteiger partial charge is 0.342 e. The van der Waals surface area contributed by atoms with E-state index in [1.165, 1.54) is 0 Å². The van der Waals surface area contributed by atoms with Gasteiger partial charge in [0.05, 0.1) is 11.1 Å². The summed E-state index contributed by atoms with van der Waals surface area (Å²) in [6.45, 7) is 2.67. The molecule has 2 rings (SSSR count). The fourth-order valence-corrected chi connectivity index (χ4v) is 2.34. The molecule has 100 valence electrons. The maximum Gasteiger partial charge on any atom is 0.254 e. The van der Waals surface area contributed by atoms with Gasteiger partial charge >= 0.3 is 0 Å². The maximum atomic E-state index is 12.5. The number of aromatic nitrogens is 1. The highest BCUT2D eigenvalue weighted by Crippen LogP contribution is 2.19. The number of aryl methyl sites for hydroxylation is 1. The molecule has 1 heterocycles. The Labute approximate surface area is 121 Å². The van der Waals surface area contributed by atoms with E-state index < -0.39 is 0 Å². The first-order valence-electron chi connectivity index (χ1n) is 6.31. The molecule has 0 aliphatic rings. The van der Waals surface area contributed by atoms with Crippen LogP contribution in [-0.2, 0) is 0 Å². The lowest BCUT2D eigenvalue weighted by Crippen LogP contribution is -2.28. The highest BCUT2D eigenvalue weighted by atomic mass is 79.9. The smallest absolute Gasteiger partial charge is 0.254 e.